The Morgan fingerprint density at radius 1 is 1.00 bits per heavy atom. The van der Waals surface area contributed by atoms with Crippen LogP contribution in [-0.4, -0.2) is 70.3 Å². The standard InChI is InChI=1S/C36H50N2O9S2/c1-10-25(5)33(24-39)38(49(44,45)31-17-14-29(40)15-18-31)23-28(13-4)27(12-3)22-37-48(42,43)34-19-16-30(46-9)21-32(34)26(11-2)20-35(41)47-36(6,7)8/h12-19,21,24-26,33,37,40H,3-4,10-11,20,22-23H2,1-2,5-9H3/b28-27-/t25?,26-,33?/m0/s1. The Labute approximate surface area is 291 Å². The third-order valence-electron chi connectivity index (χ3n) is 8.10. The highest BCUT2D eigenvalue weighted by Gasteiger charge is 2.35. The molecule has 0 spiro atoms. The summed E-state index contributed by atoms with van der Waals surface area (Å²) in [6, 6.07) is 8.42. The Morgan fingerprint density at radius 3 is 2.10 bits per heavy atom. The van der Waals surface area contributed by atoms with Crippen molar-refractivity contribution >= 4 is 32.3 Å². The van der Waals surface area contributed by atoms with Gasteiger partial charge in [-0.3, -0.25) is 4.79 Å². The van der Waals surface area contributed by atoms with E-state index in [1.165, 1.54) is 55.7 Å². The predicted octanol–water partition coefficient (Wildman–Crippen LogP) is 5.88. The number of phenolic OH excluding ortho intramolecular Hbond substituents is 1. The number of aromatic hydroxyl groups is 1. The van der Waals surface area contributed by atoms with Crippen LogP contribution in [0.5, 0.6) is 11.5 Å². The van der Waals surface area contributed by atoms with Gasteiger partial charge in [0.1, 0.15) is 23.4 Å². The molecule has 2 N–H and O–H groups in total. The second-order valence-electron chi connectivity index (χ2n) is 12.6. The van der Waals surface area contributed by atoms with Crippen LogP contribution in [0.4, 0.5) is 0 Å². The molecule has 11 nitrogen and oxygen atoms in total. The van der Waals surface area contributed by atoms with E-state index >= 15 is 0 Å². The average Bonchev–Trinajstić information content (AvgIpc) is 3.05. The third kappa shape index (κ3) is 11.1. The fourth-order valence-electron chi connectivity index (χ4n) is 5.14. The van der Waals surface area contributed by atoms with Crippen LogP contribution in [0.3, 0.4) is 0 Å². The van der Waals surface area contributed by atoms with Crippen molar-refractivity contribution in [3.05, 3.63) is 84.5 Å². The molecule has 0 bridgehead atoms. The molecule has 0 aliphatic rings. The van der Waals surface area contributed by atoms with Crippen molar-refractivity contribution in [2.75, 3.05) is 20.2 Å². The molecule has 0 fully saturated rings. The van der Waals surface area contributed by atoms with E-state index in [0.29, 0.717) is 41.6 Å². The van der Waals surface area contributed by atoms with Crippen LogP contribution >= 0.6 is 0 Å². The number of carbonyl (C=O) groups excluding carboxylic acids is 2. The van der Waals surface area contributed by atoms with E-state index in [9.17, 15) is 31.5 Å². The minimum atomic E-state index is -4.28. The normalized spacial score (nSPS) is 14.7. The fraction of sp³-hybridized carbons (Fsp3) is 0.444. The summed E-state index contributed by atoms with van der Waals surface area (Å²) >= 11 is 0. The molecular weight excluding hydrogens is 669 g/mol. The molecule has 13 heteroatoms. The lowest BCUT2D eigenvalue weighted by molar-refractivity contribution is -0.155. The first-order chi connectivity index (χ1) is 22.9. The van der Waals surface area contributed by atoms with E-state index in [4.69, 9.17) is 9.47 Å². The summed E-state index contributed by atoms with van der Waals surface area (Å²) in [5.41, 5.74) is 0.313. The molecule has 0 radical (unpaired) electrons. The summed E-state index contributed by atoms with van der Waals surface area (Å²) in [5, 5.41) is 9.73. The van der Waals surface area contributed by atoms with Gasteiger partial charge in [-0.2, -0.15) is 4.31 Å². The summed E-state index contributed by atoms with van der Waals surface area (Å²) in [5.74, 6) is -1.04. The quantitative estimate of drug-likeness (QED) is 0.103. The number of hydrogen-bond acceptors (Lipinski definition) is 9. The van der Waals surface area contributed by atoms with Crippen LogP contribution in [0.1, 0.15) is 72.3 Å². The van der Waals surface area contributed by atoms with Crippen molar-refractivity contribution in [2.24, 2.45) is 5.92 Å². The van der Waals surface area contributed by atoms with E-state index in [0.717, 1.165) is 4.31 Å². The van der Waals surface area contributed by atoms with Gasteiger partial charge in [0, 0.05) is 13.1 Å². The number of carbonyl (C=O) groups is 2. The molecule has 49 heavy (non-hydrogen) atoms. The van der Waals surface area contributed by atoms with E-state index < -0.39 is 43.6 Å². The fourth-order valence-corrected chi connectivity index (χ4v) is 8.06. The lowest BCUT2D eigenvalue weighted by atomic mass is 9.93. The second-order valence-corrected chi connectivity index (χ2v) is 16.3. The maximum Gasteiger partial charge on any atom is 0.306 e. The highest BCUT2D eigenvalue weighted by Crippen LogP contribution is 2.33. The summed E-state index contributed by atoms with van der Waals surface area (Å²) in [7, 11) is -7.04. The summed E-state index contributed by atoms with van der Waals surface area (Å²) in [4.78, 5) is 24.9. The molecule has 0 saturated heterocycles. The van der Waals surface area contributed by atoms with Crippen molar-refractivity contribution < 1.29 is 41.0 Å². The molecular formula is C36H50N2O9S2. The van der Waals surface area contributed by atoms with Crippen molar-refractivity contribution in [2.45, 2.75) is 88.2 Å². The topological polar surface area (TPSA) is 156 Å². The van der Waals surface area contributed by atoms with Gasteiger partial charge in [-0.1, -0.05) is 52.5 Å². The minimum absolute atomic E-state index is 0.0541. The Balaban J connectivity index is 2.56. The number of nitrogens with one attached hydrogen (secondary N) is 1. The van der Waals surface area contributed by atoms with E-state index in [2.05, 4.69) is 17.9 Å². The van der Waals surface area contributed by atoms with Crippen LogP contribution in [0.15, 0.2) is 88.7 Å². The Bertz CT molecular complexity index is 1730. The van der Waals surface area contributed by atoms with Gasteiger partial charge in [-0.15, -0.1) is 0 Å². The largest absolute Gasteiger partial charge is 0.508 e. The molecule has 0 amide bonds. The zero-order valence-corrected chi connectivity index (χ0v) is 31.1. The highest BCUT2D eigenvalue weighted by atomic mass is 32.2. The van der Waals surface area contributed by atoms with Gasteiger partial charge in [0.05, 0.1) is 29.4 Å². The first-order valence-electron chi connectivity index (χ1n) is 16.0. The van der Waals surface area contributed by atoms with Crippen molar-refractivity contribution in [1.82, 2.24) is 9.03 Å². The number of rotatable bonds is 19. The minimum Gasteiger partial charge on any atom is -0.508 e. The Kier molecular flexibility index (Phi) is 15.0. The van der Waals surface area contributed by atoms with Crippen LogP contribution in [0, 0.1) is 5.92 Å². The highest BCUT2D eigenvalue weighted by molar-refractivity contribution is 7.89. The number of esters is 1. The molecule has 3 atom stereocenters. The van der Waals surface area contributed by atoms with E-state index in [-0.39, 0.29) is 41.0 Å². The molecule has 0 heterocycles. The smallest absolute Gasteiger partial charge is 0.306 e. The van der Waals surface area contributed by atoms with Crippen LogP contribution in [0.25, 0.3) is 0 Å². The van der Waals surface area contributed by atoms with Gasteiger partial charge in [-0.05, 0) is 98.2 Å². The number of sulfonamides is 2. The zero-order chi connectivity index (χ0) is 37.2. The number of methoxy groups -OCH3 is 1. The van der Waals surface area contributed by atoms with Crippen molar-refractivity contribution in [3.63, 3.8) is 0 Å². The number of ether oxygens (including phenoxy) is 2. The third-order valence-corrected chi connectivity index (χ3v) is 11.4. The molecule has 2 aromatic carbocycles. The van der Waals surface area contributed by atoms with E-state index in [1.807, 2.05) is 13.8 Å². The molecule has 0 aromatic heterocycles. The SMILES string of the molecule is C=C/C(CNS(=O)(=O)c1ccc(OC)cc1[C@@H](CC)CC(=O)OC(C)(C)C)=C(\C=C)CN(C(C=O)C(C)CC)S(=O)(=O)c1ccc(O)cc1. The van der Waals surface area contributed by atoms with Crippen LogP contribution < -0.4 is 9.46 Å². The molecule has 2 unspecified atom stereocenters. The Hall–Kier alpha value is -3.78. The van der Waals surface area contributed by atoms with Gasteiger partial charge in [0.25, 0.3) is 0 Å². The van der Waals surface area contributed by atoms with Crippen LogP contribution in [0.2, 0.25) is 0 Å². The molecule has 2 aromatic rings. The molecule has 0 aliphatic heterocycles. The van der Waals surface area contributed by atoms with E-state index in [1.54, 1.807) is 33.8 Å². The first kappa shape index (κ1) is 41.4. The first-order valence-corrected chi connectivity index (χ1v) is 18.9. The zero-order valence-electron chi connectivity index (χ0n) is 29.4. The maximum absolute atomic E-state index is 13.9. The average molecular weight is 719 g/mol. The lowest BCUT2D eigenvalue weighted by Crippen LogP contribution is -2.46. The van der Waals surface area contributed by atoms with Crippen molar-refractivity contribution in [3.8, 4) is 11.5 Å². The van der Waals surface area contributed by atoms with Gasteiger partial charge in [0.2, 0.25) is 20.0 Å². The second kappa shape index (κ2) is 17.7. The molecule has 270 valence electrons. The van der Waals surface area contributed by atoms with Gasteiger partial charge >= 0.3 is 5.97 Å². The molecule has 0 saturated carbocycles. The number of benzene rings is 2. The number of phenols is 1. The predicted molar refractivity (Wildman–Crippen MR) is 190 cm³/mol. The summed E-state index contributed by atoms with van der Waals surface area (Å²) in [6.07, 6.45) is 4.26. The summed E-state index contributed by atoms with van der Waals surface area (Å²) < 4.78 is 70.1. The summed E-state index contributed by atoms with van der Waals surface area (Å²) in [6.45, 7) is 17.8. The molecule has 0 aliphatic carbocycles. The Morgan fingerprint density at radius 2 is 1.61 bits per heavy atom. The van der Waals surface area contributed by atoms with Crippen LogP contribution in [-0.2, 0) is 34.4 Å². The number of hydrogen-bond donors (Lipinski definition) is 2. The maximum atomic E-state index is 13.9. The van der Waals surface area contributed by atoms with Gasteiger partial charge in [-0.25, -0.2) is 21.6 Å². The van der Waals surface area contributed by atoms with Crippen molar-refractivity contribution in [1.29, 1.82) is 0 Å². The lowest BCUT2D eigenvalue weighted by Gasteiger charge is -2.32. The monoisotopic (exact) mass is 718 g/mol. The number of nitrogens with zero attached hydrogens (tertiary/aromatic N) is 1. The van der Waals surface area contributed by atoms with Gasteiger partial charge in [0.15, 0.2) is 0 Å². The van der Waals surface area contributed by atoms with Gasteiger partial charge < -0.3 is 19.4 Å². The molecule has 2 rings (SSSR count). The number of aldehydes is 1.